The molecule has 1 aliphatic rings. The van der Waals surface area contributed by atoms with Crippen LogP contribution in [-0.2, 0) is 21.3 Å². The highest BCUT2D eigenvalue weighted by Crippen LogP contribution is 2.11. The van der Waals surface area contributed by atoms with E-state index >= 15 is 0 Å². The second kappa shape index (κ2) is 7.37. The average Bonchev–Trinajstić information content (AvgIpc) is 2.95. The van der Waals surface area contributed by atoms with Crippen molar-refractivity contribution < 1.29 is 13.2 Å². The monoisotopic (exact) mass is 316 g/mol. The maximum absolute atomic E-state index is 12.2. The molecule has 0 bridgehead atoms. The lowest BCUT2D eigenvalue weighted by Gasteiger charge is -2.32. The first-order valence-corrected chi connectivity index (χ1v) is 8.69. The predicted octanol–water partition coefficient (Wildman–Crippen LogP) is -0.267. The van der Waals surface area contributed by atoms with Crippen LogP contribution in [0, 0.1) is 0 Å². The number of ether oxygens (including phenoxy) is 1. The fraction of sp³-hybridized carbons (Fsp3) is 0.692. The van der Waals surface area contributed by atoms with Gasteiger partial charge in [0.2, 0.25) is 10.0 Å². The molecule has 1 fully saturated rings. The SMILES string of the molecule is CCN1CCOC(CNS(=O)(=O)c2c[nH]c(CNC)c2)C1. The first-order valence-electron chi connectivity index (χ1n) is 7.20. The summed E-state index contributed by atoms with van der Waals surface area (Å²) in [4.78, 5) is 5.46. The molecule has 3 N–H and O–H groups in total. The number of H-pyrrole nitrogens is 1. The third kappa shape index (κ3) is 4.52. The standard InChI is InChI=1S/C13H24N4O3S/c1-3-17-4-5-20-12(10-17)8-16-21(18,19)13-6-11(7-14-2)15-9-13/h6,9,12,14-16H,3-5,7-8,10H2,1-2H3. The summed E-state index contributed by atoms with van der Waals surface area (Å²) < 4.78 is 32.7. The molecule has 0 aromatic carbocycles. The lowest BCUT2D eigenvalue weighted by molar-refractivity contribution is -0.0229. The fourth-order valence-corrected chi connectivity index (χ4v) is 3.43. The normalized spacial score (nSPS) is 20.8. The smallest absolute Gasteiger partial charge is 0.242 e. The molecule has 0 saturated carbocycles. The average molecular weight is 316 g/mol. The first kappa shape index (κ1) is 16.4. The Kier molecular flexibility index (Phi) is 5.77. The van der Waals surface area contributed by atoms with E-state index in [0.717, 1.165) is 25.3 Å². The molecule has 7 nitrogen and oxygen atoms in total. The largest absolute Gasteiger partial charge is 0.374 e. The van der Waals surface area contributed by atoms with Gasteiger partial charge in [-0.3, -0.25) is 4.90 Å². The van der Waals surface area contributed by atoms with E-state index in [9.17, 15) is 8.42 Å². The highest BCUT2D eigenvalue weighted by atomic mass is 32.2. The molecule has 1 saturated heterocycles. The van der Waals surface area contributed by atoms with Gasteiger partial charge in [-0.05, 0) is 19.7 Å². The van der Waals surface area contributed by atoms with Gasteiger partial charge in [-0.15, -0.1) is 0 Å². The zero-order valence-corrected chi connectivity index (χ0v) is 13.4. The van der Waals surface area contributed by atoms with Gasteiger partial charge in [0.1, 0.15) is 0 Å². The maximum atomic E-state index is 12.2. The Morgan fingerprint density at radius 2 is 2.33 bits per heavy atom. The Balaban J connectivity index is 1.91. The molecule has 0 spiro atoms. The van der Waals surface area contributed by atoms with E-state index in [2.05, 4.69) is 26.8 Å². The van der Waals surface area contributed by atoms with E-state index in [1.165, 1.54) is 6.20 Å². The van der Waals surface area contributed by atoms with Gasteiger partial charge in [0.05, 0.1) is 17.6 Å². The van der Waals surface area contributed by atoms with Crippen molar-refractivity contribution in [1.82, 2.24) is 19.9 Å². The molecular formula is C13H24N4O3S. The van der Waals surface area contributed by atoms with E-state index < -0.39 is 10.0 Å². The molecular weight excluding hydrogens is 292 g/mol. The van der Waals surface area contributed by atoms with Crippen LogP contribution in [-0.4, -0.2) is 64.2 Å². The summed E-state index contributed by atoms with van der Waals surface area (Å²) >= 11 is 0. The van der Waals surface area contributed by atoms with Gasteiger partial charge in [-0.2, -0.15) is 0 Å². The molecule has 0 amide bonds. The molecule has 0 radical (unpaired) electrons. The Labute approximate surface area is 126 Å². The van der Waals surface area contributed by atoms with Gasteiger partial charge in [0.25, 0.3) is 0 Å². The lowest BCUT2D eigenvalue weighted by atomic mass is 10.3. The Morgan fingerprint density at radius 1 is 1.52 bits per heavy atom. The van der Waals surface area contributed by atoms with Crippen molar-refractivity contribution in [3.05, 3.63) is 18.0 Å². The summed E-state index contributed by atoms with van der Waals surface area (Å²) in [6.45, 7) is 6.27. The van der Waals surface area contributed by atoms with E-state index in [-0.39, 0.29) is 11.0 Å². The van der Waals surface area contributed by atoms with Gasteiger partial charge in [-0.1, -0.05) is 6.92 Å². The quantitative estimate of drug-likeness (QED) is 0.645. The van der Waals surface area contributed by atoms with E-state index in [1.807, 2.05) is 7.05 Å². The van der Waals surface area contributed by atoms with Gasteiger partial charge in [0.15, 0.2) is 0 Å². The van der Waals surface area contributed by atoms with Gasteiger partial charge in [0, 0.05) is 38.1 Å². The minimum atomic E-state index is -3.49. The summed E-state index contributed by atoms with van der Waals surface area (Å²) in [5, 5.41) is 2.97. The summed E-state index contributed by atoms with van der Waals surface area (Å²) in [5.74, 6) is 0. The van der Waals surface area contributed by atoms with Crippen LogP contribution in [0.25, 0.3) is 0 Å². The molecule has 120 valence electrons. The van der Waals surface area contributed by atoms with Crippen LogP contribution < -0.4 is 10.0 Å². The van der Waals surface area contributed by atoms with Crippen molar-refractivity contribution >= 4 is 10.0 Å². The van der Waals surface area contributed by atoms with Crippen molar-refractivity contribution in [3.8, 4) is 0 Å². The van der Waals surface area contributed by atoms with E-state index in [0.29, 0.717) is 19.7 Å². The highest BCUT2D eigenvalue weighted by Gasteiger charge is 2.22. The van der Waals surface area contributed by atoms with Crippen LogP contribution in [0.5, 0.6) is 0 Å². The molecule has 1 unspecified atom stereocenters. The van der Waals surface area contributed by atoms with Gasteiger partial charge >= 0.3 is 0 Å². The van der Waals surface area contributed by atoms with Crippen LogP contribution in [0.2, 0.25) is 0 Å². The van der Waals surface area contributed by atoms with Crippen LogP contribution >= 0.6 is 0 Å². The van der Waals surface area contributed by atoms with Gasteiger partial charge < -0.3 is 15.0 Å². The second-order valence-corrected chi connectivity index (χ2v) is 6.90. The van der Waals surface area contributed by atoms with Crippen LogP contribution in [0.3, 0.4) is 0 Å². The number of sulfonamides is 1. The summed E-state index contributed by atoms with van der Waals surface area (Å²) in [5.41, 5.74) is 0.837. The van der Waals surface area contributed by atoms with E-state index in [4.69, 9.17) is 4.74 Å². The van der Waals surface area contributed by atoms with Crippen molar-refractivity contribution in [2.45, 2.75) is 24.5 Å². The second-order valence-electron chi connectivity index (χ2n) is 5.13. The minimum absolute atomic E-state index is 0.0933. The van der Waals surface area contributed by atoms with Crippen LogP contribution in [0.4, 0.5) is 0 Å². The first-order chi connectivity index (χ1) is 10.0. The number of hydrogen-bond acceptors (Lipinski definition) is 5. The lowest BCUT2D eigenvalue weighted by Crippen LogP contribution is -2.47. The fourth-order valence-electron chi connectivity index (χ4n) is 2.34. The molecule has 1 atom stereocenters. The minimum Gasteiger partial charge on any atom is -0.374 e. The number of nitrogens with one attached hydrogen (secondary N) is 3. The maximum Gasteiger partial charge on any atom is 0.242 e. The molecule has 0 aliphatic carbocycles. The molecule has 1 aliphatic heterocycles. The molecule has 2 heterocycles. The Morgan fingerprint density at radius 3 is 3.05 bits per heavy atom. The van der Waals surface area contributed by atoms with Crippen molar-refractivity contribution in [2.24, 2.45) is 0 Å². The van der Waals surface area contributed by atoms with Crippen LogP contribution in [0.15, 0.2) is 17.2 Å². The summed E-state index contributed by atoms with van der Waals surface area (Å²) in [6.07, 6.45) is 1.42. The molecule has 1 aromatic heterocycles. The van der Waals surface area contributed by atoms with Crippen LogP contribution in [0.1, 0.15) is 12.6 Å². The molecule has 1 aromatic rings. The molecule has 8 heteroatoms. The summed E-state index contributed by atoms with van der Waals surface area (Å²) in [6, 6.07) is 1.64. The van der Waals surface area contributed by atoms with Crippen molar-refractivity contribution in [1.29, 1.82) is 0 Å². The Bertz CT molecular complexity index is 543. The van der Waals surface area contributed by atoms with Gasteiger partial charge in [-0.25, -0.2) is 13.1 Å². The topological polar surface area (TPSA) is 86.5 Å². The number of aromatic amines is 1. The summed E-state index contributed by atoms with van der Waals surface area (Å²) in [7, 11) is -1.68. The number of hydrogen-bond donors (Lipinski definition) is 3. The third-order valence-electron chi connectivity index (χ3n) is 3.56. The zero-order chi connectivity index (χ0) is 15.3. The molecule has 2 rings (SSSR count). The molecule has 21 heavy (non-hydrogen) atoms. The highest BCUT2D eigenvalue weighted by molar-refractivity contribution is 7.89. The van der Waals surface area contributed by atoms with Crippen molar-refractivity contribution in [3.63, 3.8) is 0 Å². The number of morpholine rings is 1. The third-order valence-corrected chi connectivity index (χ3v) is 4.97. The number of likely N-dealkylation sites (N-methyl/N-ethyl adjacent to an activating group) is 1. The Hall–Kier alpha value is -0.930. The zero-order valence-electron chi connectivity index (χ0n) is 12.6. The predicted molar refractivity (Wildman–Crippen MR) is 80.6 cm³/mol. The number of aromatic nitrogens is 1. The number of nitrogens with zero attached hydrogens (tertiary/aromatic N) is 1. The number of rotatable bonds is 7. The van der Waals surface area contributed by atoms with Crippen molar-refractivity contribution in [2.75, 3.05) is 39.8 Å². The van der Waals surface area contributed by atoms with E-state index in [1.54, 1.807) is 6.07 Å².